The molecule has 1 saturated carbocycles. The Kier molecular flexibility index (Phi) is 1.34. The first kappa shape index (κ1) is 7.46. The minimum absolute atomic E-state index is 0.00116. The fourth-order valence-electron chi connectivity index (χ4n) is 1.71. The number of carboxylic acids is 1. The molecule has 2 rings (SSSR count). The van der Waals surface area contributed by atoms with Crippen LogP contribution < -0.4 is 5.32 Å². The molecule has 4 nitrogen and oxygen atoms in total. The molecule has 0 amide bonds. The van der Waals surface area contributed by atoms with E-state index in [9.17, 15) is 9.90 Å². The monoisotopic (exact) mass is 169 g/mol. The highest BCUT2D eigenvalue weighted by molar-refractivity contribution is 5.87. The Morgan fingerprint density at radius 3 is 2.58 bits per heavy atom. The summed E-state index contributed by atoms with van der Waals surface area (Å²) in [5.41, 5.74) is -0.169. The summed E-state index contributed by atoms with van der Waals surface area (Å²) < 4.78 is 0. The van der Waals surface area contributed by atoms with Crippen molar-refractivity contribution in [2.75, 3.05) is 6.54 Å². The molecule has 4 heteroatoms. The van der Waals surface area contributed by atoms with Crippen LogP contribution in [-0.2, 0) is 4.79 Å². The van der Waals surface area contributed by atoms with Gasteiger partial charge in [0.25, 0.3) is 0 Å². The van der Waals surface area contributed by atoms with E-state index in [1.807, 2.05) is 0 Å². The molecule has 0 radical (unpaired) electrons. The van der Waals surface area contributed by atoms with Crippen molar-refractivity contribution in [2.45, 2.75) is 19.3 Å². The number of carboxylic acid groups (broad SMARTS) is 1. The SMILES string of the molecule is O=C(O)C1=C(O)C2(CCN1)CC2. The van der Waals surface area contributed by atoms with Crippen LogP contribution in [0.2, 0.25) is 0 Å². The number of allylic oxidation sites excluding steroid dienone is 1. The average molecular weight is 169 g/mol. The van der Waals surface area contributed by atoms with Gasteiger partial charge in [-0.2, -0.15) is 0 Å². The fourth-order valence-corrected chi connectivity index (χ4v) is 1.71. The van der Waals surface area contributed by atoms with E-state index in [1.165, 1.54) is 0 Å². The maximum atomic E-state index is 10.6. The van der Waals surface area contributed by atoms with Crippen molar-refractivity contribution >= 4 is 5.97 Å². The molecule has 66 valence electrons. The largest absolute Gasteiger partial charge is 0.509 e. The van der Waals surface area contributed by atoms with Gasteiger partial charge in [0.1, 0.15) is 5.76 Å². The van der Waals surface area contributed by atoms with Crippen molar-refractivity contribution in [3.8, 4) is 0 Å². The maximum Gasteiger partial charge on any atom is 0.355 e. The smallest absolute Gasteiger partial charge is 0.355 e. The van der Waals surface area contributed by atoms with Gasteiger partial charge >= 0.3 is 5.97 Å². The molecular formula is C8H11NO3. The van der Waals surface area contributed by atoms with Crippen LogP contribution >= 0.6 is 0 Å². The summed E-state index contributed by atoms with van der Waals surface area (Å²) in [4.78, 5) is 10.6. The van der Waals surface area contributed by atoms with E-state index < -0.39 is 5.97 Å². The summed E-state index contributed by atoms with van der Waals surface area (Å²) in [6.45, 7) is 0.658. The predicted octanol–water partition coefficient (Wildman–Crippen LogP) is 0.614. The Balaban J connectivity index is 2.35. The molecule has 0 aromatic rings. The summed E-state index contributed by atoms with van der Waals surface area (Å²) in [5, 5.41) is 20.9. The van der Waals surface area contributed by atoms with Gasteiger partial charge < -0.3 is 15.5 Å². The van der Waals surface area contributed by atoms with Crippen LogP contribution in [0.25, 0.3) is 0 Å². The Bertz CT molecular complexity index is 265. The van der Waals surface area contributed by atoms with Gasteiger partial charge in [0.15, 0.2) is 5.70 Å². The van der Waals surface area contributed by atoms with Crippen LogP contribution in [0.1, 0.15) is 19.3 Å². The standard InChI is InChI=1S/C8H11NO3/c10-6-5(7(11)12)9-4-3-8(6)1-2-8/h9-10H,1-4H2,(H,11,12). The molecule has 1 heterocycles. The third-order valence-corrected chi connectivity index (χ3v) is 2.71. The van der Waals surface area contributed by atoms with Gasteiger partial charge in [-0.1, -0.05) is 0 Å². The highest BCUT2D eigenvalue weighted by Gasteiger charge is 2.50. The van der Waals surface area contributed by atoms with E-state index >= 15 is 0 Å². The summed E-state index contributed by atoms with van der Waals surface area (Å²) >= 11 is 0. The topological polar surface area (TPSA) is 69.6 Å². The number of rotatable bonds is 1. The minimum atomic E-state index is -1.06. The lowest BCUT2D eigenvalue weighted by molar-refractivity contribution is -0.133. The zero-order chi connectivity index (χ0) is 8.77. The van der Waals surface area contributed by atoms with Gasteiger partial charge in [-0.05, 0) is 19.3 Å². The number of aliphatic hydroxyl groups is 1. The zero-order valence-electron chi connectivity index (χ0n) is 6.63. The van der Waals surface area contributed by atoms with Crippen LogP contribution in [0.4, 0.5) is 0 Å². The number of hydrogen-bond donors (Lipinski definition) is 3. The first-order valence-electron chi connectivity index (χ1n) is 4.07. The molecule has 1 spiro atoms. The van der Waals surface area contributed by atoms with Crippen LogP contribution in [0.5, 0.6) is 0 Å². The molecule has 1 aliphatic carbocycles. The van der Waals surface area contributed by atoms with Crippen molar-refractivity contribution in [1.82, 2.24) is 5.32 Å². The molecule has 0 atom stereocenters. The molecule has 1 fully saturated rings. The van der Waals surface area contributed by atoms with Gasteiger partial charge in [-0.3, -0.25) is 0 Å². The molecule has 1 aliphatic heterocycles. The highest BCUT2D eigenvalue weighted by Crippen LogP contribution is 2.55. The van der Waals surface area contributed by atoms with Gasteiger partial charge in [0.2, 0.25) is 0 Å². The summed E-state index contributed by atoms with van der Waals surface area (Å²) in [6, 6.07) is 0. The van der Waals surface area contributed by atoms with Crippen molar-refractivity contribution in [1.29, 1.82) is 0 Å². The Hall–Kier alpha value is -1.19. The van der Waals surface area contributed by atoms with E-state index in [-0.39, 0.29) is 16.9 Å². The third kappa shape index (κ3) is 0.873. The maximum absolute atomic E-state index is 10.6. The second-order valence-electron chi connectivity index (χ2n) is 3.49. The number of nitrogens with one attached hydrogen (secondary N) is 1. The zero-order valence-corrected chi connectivity index (χ0v) is 6.63. The average Bonchev–Trinajstić information content (AvgIpc) is 2.76. The number of hydrogen-bond acceptors (Lipinski definition) is 3. The Morgan fingerprint density at radius 1 is 1.42 bits per heavy atom. The van der Waals surface area contributed by atoms with Gasteiger partial charge in [-0.25, -0.2) is 4.79 Å². The molecule has 12 heavy (non-hydrogen) atoms. The van der Waals surface area contributed by atoms with Gasteiger partial charge in [-0.15, -0.1) is 0 Å². The predicted molar refractivity (Wildman–Crippen MR) is 41.6 cm³/mol. The van der Waals surface area contributed by atoms with Crippen molar-refractivity contribution < 1.29 is 15.0 Å². The van der Waals surface area contributed by atoms with E-state index in [0.717, 1.165) is 19.3 Å². The van der Waals surface area contributed by atoms with Crippen molar-refractivity contribution in [3.05, 3.63) is 11.5 Å². The van der Waals surface area contributed by atoms with Gasteiger partial charge in [0, 0.05) is 12.0 Å². The Labute approximate surface area is 69.9 Å². The summed E-state index contributed by atoms with van der Waals surface area (Å²) in [7, 11) is 0. The van der Waals surface area contributed by atoms with E-state index in [0.29, 0.717) is 6.54 Å². The molecular weight excluding hydrogens is 158 g/mol. The fraction of sp³-hybridized carbons (Fsp3) is 0.625. The molecule has 0 saturated heterocycles. The summed E-state index contributed by atoms with van der Waals surface area (Å²) in [5.74, 6) is -1.00. The van der Waals surface area contributed by atoms with E-state index in [4.69, 9.17) is 5.11 Å². The van der Waals surface area contributed by atoms with Crippen molar-refractivity contribution in [3.63, 3.8) is 0 Å². The molecule has 0 aromatic carbocycles. The number of aliphatic hydroxyl groups excluding tert-OH is 1. The molecule has 0 aromatic heterocycles. The number of aliphatic carboxylic acids is 1. The lowest BCUT2D eigenvalue weighted by Gasteiger charge is -2.23. The summed E-state index contributed by atoms with van der Waals surface area (Å²) in [6.07, 6.45) is 2.71. The molecule has 0 bridgehead atoms. The first-order chi connectivity index (χ1) is 5.66. The number of carbonyl (C=O) groups is 1. The minimum Gasteiger partial charge on any atom is -0.509 e. The normalized spacial score (nSPS) is 25.3. The second-order valence-corrected chi connectivity index (χ2v) is 3.49. The molecule has 2 aliphatic rings. The molecule has 0 unspecified atom stereocenters. The first-order valence-corrected chi connectivity index (χ1v) is 4.07. The Morgan fingerprint density at radius 2 is 2.08 bits per heavy atom. The highest BCUT2D eigenvalue weighted by atomic mass is 16.4. The lowest BCUT2D eigenvalue weighted by Crippen LogP contribution is -2.32. The van der Waals surface area contributed by atoms with Crippen LogP contribution in [0.3, 0.4) is 0 Å². The van der Waals surface area contributed by atoms with Crippen LogP contribution in [0.15, 0.2) is 11.5 Å². The van der Waals surface area contributed by atoms with Crippen LogP contribution in [0, 0.1) is 5.41 Å². The van der Waals surface area contributed by atoms with Crippen molar-refractivity contribution in [2.24, 2.45) is 5.41 Å². The molecule has 3 N–H and O–H groups in total. The quantitative estimate of drug-likeness (QED) is 0.538. The van der Waals surface area contributed by atoms with Crippen LogP contribution in [-0.4, -0.2) is 22.7 Å². The van der Waals surface area contributed by atoms with E-state index in [2.05, 4.69) is 5.32 Å². The third-order valence-electron chi connectivity index (χ3n) is 2.71. The lowest BCUT2D eigenvalue weighted by atomic mass is 9.95. The van der Waals surface area contributed by atoms with E-state index in [1.54, 1.807) is 0 Å². The second kappa shape index (κ2) is 2.15. The van der Waals surface area contributed by atoms with Gasteiger partial charge in [0.05, 0.1) is 0 Å².